The summed E-state index contributed by atoms with van der Waals surface area (Å²) in [6.07, 6.45) is 1.56. The lowest BCUT2D eigenvalue weighted by Gasteiger charge is -2.10. The summed E-state index contributed by atoms with van der Waals surface area (Å²) in [5, 5.41) is 9.68. The van der Waals surface area contributed by atoms with Gasteiger partial charge < -0.3 is 5.32 Å². The van der Waals surface area contributed by atoms with Crippen molar-refractivity contribution in [2.45, 2.75) is 6.54 Å². The minimum atomic E-state index is -0.306. The lowest BCUT2D eigenvalue weighted by atomic mass is 10.0. The van der Waals surface area contributed by atoms with Crippen molar-refractivity contribution in [2.24, 2.45) is 7.05 Å². The van der Waals surface area contributed by atoms with Crippen molar-refractivity contribution in [3.8, 4) is 0 Å². The van der Waals surface area contributed by atoms with Crippen molar-refractivity contribution in [2.75, 3.05) is 5.32 Å². The van der Waals surface area contributed by atoms with Gasteiger partial charge in [0, 0.05) is 13.6 Å². The van der Waals surface area contributed by atoms with Gasteiger partial charge >= 0.3 is 0 Å². The van der Waals surface area contributed by atoms with Crippen LogP contribution in [0.1, 0.15) is 5.56 Å². The Labute approximate surface area is 127 Å². The zero-order valence-electron chi connectivity index (χ0n) is 11.5. The topological polar surface area (TPSA) is 46.9 Å². The van der Waals surface area contributed by atoms with Gasteiger partial charge in [-0.1, -0.05) is 54.1 Å². The molecule has 3 aromatic rings. The van der Waals surface area contributed by atoms with Crippen LogP contribution in [-0.4, -0.2) is 9.78 Å². The molecule has 2 aromatic carbocycles. The van der Waals surface area contributed by atoms with Crippen molar-refractivity contribution in [3.63, 3.8) is 0 Å². The lowest BCUT2D eigenvalue weighted by Crippen LogP contribution is -2.21. The van der Waals surface area contributed by atoms with E-state index in [2.05, 4.69) is 34.7 Å². The second-order valence-corrected chi connectivity index (χ2v) is 5.17. The average molecular weight is 300 g/mol. The van der Waals surface area contributed by atoms with E-state index in [1.54, 1.807) is 13.2 Å². The number of hydrogen-bond acceptors (Lipinski definition) is 3. The third-order valence-electron chi connectivity index (χ3n) is 3.43. The van der Waals surface area contributed by atoms with Gasteiger partial charge in [-0.15, -0.1) is 0 Å². The van der Waals surface area contributed by atoms with Crippen molar-refractivity contribution < 1.29 is 0 Å². The second-order valence-electron chi connectivity index (χ2n) is 4.79. The normalized spacial score (nSPS) is 10.8. The van der Waals surface area contributed by atoms with Crippen LogP contribution in [0.5, 0.6) is 0 Å². The van der Waals surface area contributed by atoms with E-state index in [0.717, 1.165) is 5.56 Å². The van der Waals surface area contributed by atoms with E-state index >= 15 is 0 Å². The van der Waals surface area contributed by atoms with Crippen LogP contribution in [0.4, 0.5) is 5.69 Å². The number of rotatable bonds is 3. The summed E-state index contributed by atoms with van der Waals surface area (Å²) < 4.78 is 1.21. The highest BCUT2D eigenvalue weighted by atomic mass is 35.5. The van der Waals surface area contributed by atoms with E-state index in [1.807, 2.05) is 18.2 Å². The van der Waals surface area contributed by atoms with Crippen molar-refractivity contribution in [1.82, 2.24) is 9.78 Å². The van der Waals surface area contributed by atoms with Gasteiger partial charge in [-0.3, -0.25) is 4.79 Å². The number of aryl methyl sites for hydroxylation is 1. The summed E-state index contributed by atoms with van der Waals surface area (Å²) in [4.78, 5) is 11.7. The van der Waals surface area contributed by atoms with Crippen molar-refractivity contribution in [1.29, 1.82) is 0 Å². The van der Waals surface area contributed by atoms with Crippen LogP contribution in [0, 0.1) is 0 Å². The number of benzene rings is 2. The van der Waals surface area contributed by atoms with Crippen LogP contribution in [0.2, 0.25) is 5.02 Å². The maximum Gasteiger partial charge on any atom is 0.287 e. The first-order valence-corrected chi connectivity index (χ1v) is 6.97. The summed E-state index contributed by atoms with van der Waals surface area (Å²) in [5.41, 5.74) is 1.39. The molecule has 0 bridgehead atoms. The summed E-state index contributed by atoms with van der Waals surface area (Å²) in [7, 11) is 1.57. The molecule has 0 unspecified atom stereocenters. The highest BCUT2D eigenvalue weighted by molar-refractivity contribution is 6.32. The Bertz CT molecular complexity index is 852. The van der Waals surface area contributed by atoms with Crippen LogP contribution < -0.4 is 10.9 Å². The highest BCUT2D eigenvalue weighted by Gasteiger charge is 2.07. The molecule has 0 amide bonds. The minimum absolute atomic E-state index is 0.160. The van der Waals surface area contributed by atoms with Gasteiger partial charge in [-0.25, -0.2) is 4.68 Å². The minimum Gasteiger partial charge on any atom is -0.378 e. The molecule has 1 aromatic heterocycles. The van der Waals surface area contributed by atoms with Gasteiger partial charge in [0.25, 0.3) is 5.56 Å². The first kappa shape index (κ1) is 13.6. The van der Waals surface area contributed by atoms with E-state index in [1.165, 1.54) is 15.5 Å². The fourth-order valence-electron chi connectivity index (χ4n) is 2.27. The average Bonchev–Trinajstić information content (AvgIpc) is 2.52. The fourth-order valence-corrected chi connectivity index (χ4v) is 2.51. The summed E-state index contributed by atoms with van der Waals surface area (Å²) >= 11 is 6.05. The maximum atomic E-state index is 11.7. The largest absolute Gasteiger partial charge is 0.378 e. The first-order valence-electron chi connectivity index (χ1n) is 6.59. The van der Waals surface area contributed by atoms with Crippen LogP contribution >= 0.6 is 11.6 Å². The van der Waals surface area contributed by atoms with E-state index in [-0.39, 0.29) is 10.6 Å². The van der Waals surface area contributed by atoms with E-state index < -0.39 is 0 Å². The standard InChI is InChI=1S/C16H14ClN3O/c1-20-16(21)15(17)14(10-19-20)18-9-12-7-4-6-11-5-2-3-8-13(11)12/h2-8,10,18H,9H2,1H3. The number of aromatic nitrogens is 2. The molecule has 106 valence electrons. The van der Waals surface area contributed by atoms with Gasteiger partial charge in [-0.05, 0) is 16.3 Å². The van der Waals surface area contributed by atoms with Gasteiger partial charge in [0.15, 0.2) is 0 Å². The summed E-state index contributed by atoms with van der Waals surface area (Å²) in [6, 6.07) is 14.3. The quantitative estimate of drug-likeness (QED) is 0.808. The molecule has 0 spiro atoms. The Balaban J connectivity index is 1.91. The molecule has 1 heterocycles. The first-order chi connectivity index (χ1) is 10.2. The highest BCUT2D eigenvalue weighted by Crippen LogP contribution is 2.21. The van der Waals surface area contributed by atoms with E-state index in [0.29, 0.717) is 12.2 Å². The van der Waals surface area contributed by atoms with Crippen LogP contribution in [-0.2, 0) is 13.6 Å². The number of anilines is 1. The molecule has 0 aliphatic rings. The SMILES string of the molecule is Cn1ncc(NCc2cccc3ccccc23)c(Cl)c1=O. The Hall–Kier alpha value is -2.33. The van der Waals surface area contributed by atoms with Gasteiger partial charge in [0.1, 0.15) is 5.02 Å². The molecule has 0 radical (unpaired) electrons. The Kier molecular flexibility index (Phi) is 3.62. The van der Waals surface area contributed by atoms with Crippen LogP contribution in [0.15, 0.2) is 53.5 Å². The summed E-state index contributed by atoms with van der Waals surface area (Å²) in [5.74, 6) is 0. The van der Waals surface area contributed by atoms with Crippen molar-refractivity contribution in [3.05, 3.63) is 69.6 Å². The third-order valence-corrected chi connectivity index (χ3v) is 3.79. The predicted octanol–water partition coefficient (Wildman–Crippen LogP) is 3.20. The molecule has 0 saturated carbocycles. The molecule has 4 nitrogen and oxygen atoms in total. The molecule has 0 aliphatic carbocycles. The van der Waals surface area contributed by atoms with E-state index in [4.69, 9.17) is 11.6 Å². The predicted molar refractivity (Wildman–Crippen MR) is 85.8 cm³/mol. The molecule has 0 saturated heterocycles. The third kappa shape index (κ3) is 2.62. The fraction of sp³-hybridized carbons (Fsp3) is 0.125. The zero-order valence-corrected chi connectivity index (χ0v) is 12.3. The number of fused-ring (bicyclic) bond motifs is 1. The molecule has 0 atom stereocenters. The monoisotopic (exact) mass is 299 g/mol. The van der Waals surface area contributed by atoms with Crippen molar-refractivity contribution >= 4 is 28.1 Å². The number of nitrogens with zero attached hydrogens (tertiary/aromatic N) is 2. The second kappa shape index (κ2) is 5.58. The molecule has 5 heteroatoms. The van der Waals surface area contributed by atoms with Gasteiger partial charge in [0.2, 0.25) is 0 Å². The molecule has 0 fully saturated rings. The number of hydrogen-bond donors (Lipinski definition) is 1. The number of nitrogens with one attached hydrogen (secondary N) is 1. The lowest BCUT2D eigenvalue weighted by molar-refractivity contribution is 0.708. The molecule has 1 N–H and O–H groups in total. The molecule has 3 rings (SSSR count). The Morgan fingerprint density at radius 1 is 1.19 bits per heavy atom. The molecule has 0 aliphatic heterocycles. The molecular formula is C16H14ClN3O. The van der Waals surface area contributed by atoms with Crippen LogP contribution in [0.3, 0.4) is 0 Å². The zero-order chi connectivity index (χ0) is 14.8. The Morgan fingerprint density at radius 2 is 1.95 bits per heavy atom. The van der Waals surface area contributed by atoms with Crippen LogP contribution in [0.25, 0.3) is 10.8 Å². The van der Waals surface area contributed by atoms with E-state index in [9.17, 15) is 4.79 Å². The maximum absolute atomic E-state index is 11.7. The summed E-state index contributed by atoms with van der Waals surface area (Å²) in [6.45, 7) is 0.579. The van der Waals surface area contributed by atoms with Gasteiger partial charge in [-0.2, -0.15) is 5.10 Å². The van der Waals surface area contributed by atoms with Gasteiger partial charge in [0.05, 0.1) is 11.9 Å². The number of halogens is 1. The Morgan fingerprint density at radius 3 is 2.81 bits per heavy atom. The smallest absolute Gasteiger partial charge is 0.287 e. The molecule has 21 heavy (non-hydrogen) atoms. The molecular weight excluding hydrogens is 286 g/mol.